The number of nitrogens with zero attached hydrogens (tertiary/aromatic N) is 2. The number of amides is 1. The van der Waals surface area contributed by atoms with E-state index in [0.717, 1.165) is 19.6 Å². The number of ether oxygens (including phenoxy) is 2. The number of halogens is 3. The topological polar surface area (TPSA) is 71.9 Å². The van der Waals surface area contributed by atoms with Crippen LogP contribution in [0.15, 0.2) is 12.3 Å². The fourth-order valence-corrected chi connectivity index (χ4v) is 4.35. The molecule has 1 N–H and O–H groups in total. The first-order valence-corrected chi connectivity index (χ1v) is 9.69. The predicted molar refractivity (Wildman–Crippen MR) is 98.4 cm³/mol. The Morgan fingerprint density at radius 3 is 2.31 bits per heavy atom. The third-order valence-corrected chi connectivity index (χ3v) is 5.50. The number of hydrogen-bond acceptors (Lipinski definition) is 5. The summed E-state index contributed by atoms with van der Waals surface area (Å²) in [6, 6.07) is 0.294. The standard InChI is InChI=1S/C20H27F3N2O4/c1-18(2,3)29-17(26)25-13-6-5-7-14(25)10-19(27,9-13)12-8-15(20(21,22)23)16(28-4)24-11-12/h8,11,13-14,27H,5-7,9-10H2,1-4H3. The molecule has 2 bridgehead atoms. The predicted octanol–water partition coefficient (Wildman–Crippen LogP) is 4.25. The summed E-state index contributed by atoms with van der Waals surface area (Å²) in [5.41, 5.74) is -3.09. The highest BCUT2D eigenvalue weighted by Gasteiger charge is 2.50. The van der Waals surface area contributed by atoms with Gasteiger partial charge in [0.2, 0.25) is 5.88 Å². The van der Waals surface area contributed by atoms with E-state index in [0.29, 0.717) is 12.8 Å². The normalized spacial score (nSPS) is 27.5. The van der Waals surface area contributed by atoms with Gasteiger partial charge in [0.25, 0.3) is 0 Å². The van der Waals surface area contributed by atoms with Crippen molar-refractivity contribution in [3.8, 4) is 5.88 Å². The van der Waals surface area contributed by atoms with Crippen molar-refractivity contribution < 1.29 is 32.5 Å². The maximum absolute atomic E-state index is 13.4. The summed E-state index contributed by atoms with van der Waals surface area (Å²) in [5, 5.41) is 11.3. The van der Waals surface area contributed by atoms with Crippen molar-refractivity contribution in [2.45, 2.75) is 82.3 Å². The monoisotopic (exact) mass is 416 g/mol. The van der Waals surface area contributed by atoms with Crippen LogP contribution in [0.25, 0.3) is 0 Å². The van der Waals surface area contributed by atoms with Gasteiger partial charge in [-0.05, 0) is 46.1 Å². The van der Waals surface area contributed by atoms with Gasteiger partial charge in [-0.1, -0.05) is 0 Å². The van der Waals surface area contributed by atoms with E-state index < -0.39 is 34.9 Å². The fraction of sp³-hybridized carbons (Fsp3) is 0.700. The molecule has 6 nitrogen and oxygen atoms in total. The molecule has 2 unspecified atom stereocenters. The van der Waals surface area contributed by atoms with Crippen molar-refractivity contribution in [2.75, 3.05) is 7.11 Å². The van der Waals surface area contributed by atoms with E-state index in [1.807, 2.05) is 0 Å². The maximum Gasteiger partial charge on any atom is 0.421 e. The Morgan fingerprint density at radius 1 is 1.24 bits per heavy atom. The second-order valence-electron chi connectivity index (χ2n) is 8.84. The van der Waals surface area contributed by atoms with Crippen LogP contribution in [-0.2, 0) is 16.5 Å². The molecule has 0 aromatic carbocycles. The van der Waals surface area contributed by atoms with Crippen molar-refractivity contribution in [1.82, 2.24) is 9.88 Å². The molecule has 2 atom stereocenters. The van der Waals surface area contributed by atoms with Gasteiger partial charge in [0, 0.05) is 36.7 Å². The fourth-order valence-electron chi connectivity index (χ4n) is 4.35. The van der Waals surface area contributed by atoms with E-state index in [1.165, 1.54) is 6.20 Å². The summed E-state index contributed by atoms with van der Waals surface area (Å²) in [4.78, 5) is 18.1. The number of aliphatic hydroxyl groups is 1. The minimum atomic E-state index is -4.65. The molecule has 162 valence electrons. The first kappa shape index (κ1) is 21.7. The number of carbonyl (C=O) groups is 1. The Balaban J connectivity index is 1.91. The van der Waals surface area contributed by atoms with E-state index in [2.05, 4.69) is 4.98 Å². The average molecular weight is 416 g/mol. The number of hydrogen-bond donors (Lipinski definition) is 1. The van der Waals surface area contributed by atoms with Gasteiger partial charge >= 0.3 is 12.3 Å². The molecule has 2 saturated heterocycles. The molecule has 1 aromatic heterocycles. The van der Waals surface area contributed by atoms with E-state index >= 15 is 0 Å². The summed E-state index contributed by atoms with van der Waals surface area (Å²) < 4.78 is 50.4. The number of fused-ring (bicyclic) bond motifs is 2. The quantitative estimate of drug-likeness (QED) is 0.781. The number of pyridine rings is 1. The lowest BCUT2D eigenvalue weighted by Crippen LogP contribution is -2.59. The van der Waals surface area contributed by atoms with Crippen molar-refractivity contribution in [2.24, 2.45) is 0 Å². The van der Waals surface area contributed by atoms with E-state index in [9.17, 15) is 23.1 Å². The summed E-state index contributed by atoms with van der Waals surface area (Å²) in [6.45, 7) is 5.34. The first-order chi connectivity index (χ1) is 13.3. The van der Waals surface area contributed by atoms with E-state index in [4.69, 9.17) is 9.47 Å². The first-order valence-electron chi connectivity index (χ1n) is 9.69. The molecule has 1 amide bonds. The van der Waals surface area contributed by atoms with Gasteiger partial charge in [0.1, 0.15) is 11.2 Å². The zero-order valence-corrected chi connectivity index (χ0v) is 17.0. The number of carbonyl (C=O) groups excluding carboxylic acids is 1. The second kappa shape index (κ2) is 7.34. The molecule has 0 spiro atoms. The van der Waals surface area contributed by atoms with Crippen molar-refractivity contribution in [1.29, 1.82) is 0 Å². The lowest BCUT2D eigenvalue weighted by atomic mass is 9.73. The van der Waals surface area contributed by atoms with Crippen molar-refractivity contribution in [3.05, 3.63) is 23.4 Å². The van der Waals surface area contributed by atoms with Crippen LogP contribution >= 0.6 is 0 Å². The van der Waals surface area contributed by atoms with E-state index in [1.54, 1.807) is 25.7 Å². The maximum atomic E-state index is 13.4. The summed E-state index contributed by atoms with van der Waals surface area (Å²) in [5.74, 6) is -0.531. The van der Waals surface area contributed by atoms with Crippen LogP contribution in [0.2, 0.25) is 0 Å². The Bertz CT molecular complexity index is 762. The minimum absolute atomic E-state index is 0.0892. The molecular weight excluding hydrogens is 389 g/mol. The Labute approximate surface area is 168 Å². The van der Waals surface area contributed by atoms with Gasteiger partial charge in [-0.3, -0.25) is 0 Å². The van der Waals surface area contributed by atoms with Crippen molar-refractivity contribution >= 4 is 6.09 Å². The molecule has 0 aliphatic carbocycles. The summed E-state index contributed by atoms with van der Waals surface area (Å²) in [6.07, 6.45) is -1.40. The van der Waals surface area contributed by atoms with Crippen LogP contribution in [0.3, 0.4) is 0 Å². The van der Waals surface area contributed by atoms with Crippen LogP contribution in [0.1, 0.15) is 64.0 Å². The average Bonchev–Trinajstić information content (AvgIpc) is 2.58. The molecule has 2 fully saturated rings. The molecule has 1 aromatic rings. The van der Waals surface area contributed by atoms with Crippen LogP contribution < -0.4 is 4.74 Å². The van der Waals surface area contributed by atoms with E-state index in [-0.39, 0.29) is 30.5 Å². The second-order valence-corrected chi connectivity index (χ2v) is 8.84. The third kappa shape index (κ3) is 4.44. The SMILES string of the molecule is COc1ncc(C2(O)CC3CCCC(C2)N3C(=O)OC(C)(C)C)cc1C(F)(F)F. The van der Waals surface area contributed by atoms with Gasteiger partial charge in [-0.25, -0.2) is 9.78 Å². The lowest BCUT2D eigenvalue weighted by molar-refractivity contribution is -0.139. The Morgan fingerprint density at radius 2 is 1.83 bits per heavy atom. The number of aromatic nitrogens is 1. The van der Waals surface area contributed by atoms with Crippen molar-refractivity contribution in [3.63, 3.8) is 0 Å². The van der Waals surface area contributed by atoms with Gasteiger partial charge in [-0.15, -0.1) is 0 Å². The van der Waals surface area contributed by atoms with Crippen LogP contribution in [0.4, 0.5) is 18.0 Å². The summed E-state index contributed by atoms with van der Waals surface area (Å²) >= 11 is 0. The largest absolute Gasteiger partial charge is 0.481 e. The molecule has 0 saturated carbocycles. The summed E-state index contributed by atoms with van der Waals surface area (Å²) in [7, 11) is 1.12. The van der Waals surface area contributed by atoms with Gasteiger partial charge in [0.05, 0.1) is 12.7 Å². The molecule has 29 heavy (non-hydrogen) atoms. The molecule has 2 aliphatic heterocycles. The number of alkyl halides is 3. The van der Waals surface area contributed by atoms with Crippen LogP contribution in [0.5, 0.6) is 5.88 Å². The molecule has 2 aliphatic rings. The molecule has 3 rings (SSSR count). The van der Waals surface area contributed by atoms with Crippen LogP contribution in [-0.4, -0.2) is 45.9 Å². The Kier molecular flexibility index (Phi) is 5.49. The van der Waals surface area contributed by atoms with Gasteiger partial charge in [-0.2, -0.15) is 13.2 Å². The zero-order chi connectivity index (χ0) is 21.6. The van der Waals surface area contributed by atoms with Gasteiger partial charge < -0.3 is 19.5 Å². The molecular formula is C20H27F3N2O4. The highest BCUT2D eigenvalue weighted by molar-refractivity contribution is 5.69. The highest BCUT2D eigenvalue weighted by atomic mass is 19.4. The third-order valence-electron chi connectivity index (χ3n) is 5.50. The molecule has 3 heterocycles. The van der Waals surface area contributed by atoms with Gasteiger partial charge in [0.15, 0.2) is 0 Å². The van der Waals surface area contributed by atoms with Crippen LogP contribution in [0, 0.1) is 0 Å². The number of piperidine rings is 2. The number of rotatable bonds is 2. The lowest BCUT2D eigenvalue weighted by Gasteiger charge is -2.51. The number of methoxy groups -OCH3 is 1. The Hall–Kier alpha value is -2.03. The zero-order valence-electron chi connectivity index (χ0n) is 17.0. The molecule has 9 heteroatoms. The highest BCUT2D eigenvalue weighted by Crippen LogP contribution is 2.46. The minimum Gasteiger partial charge on any atom is -0.481 e. The molecule has 0 radical (unpaired) electrons. The smallest absolute Gasteiger partial charge is 0.421 e.